The molecule has 0 bridgehead atoms. The molecule has 0 aliphatic heterocycles. The fourth-order valence-corrected chi connectivity index (χ4v) is 2.82. The summed E-state index contributed by atoms with van der Waals surface area (Å²) in [7, 11) is 0. The Labute approximate surface area is 154 Å². The van der Waals surface area contributed by atoms with Crippen molar-refractivity contribution in [1.29, 1.82) is 0 Å². The number of hydrogen-bond donors (Lipinski definition) is 0. The van der Waals surface area contributed by atoms with Crippen LogP contribution in [0, 0.1) is 6.92 Å². The standard InChI is InChI=1S/C22H25NO3/c1-15(2)24-21-7-5-6-18(14-21)13-17(4)25-20-10-8-19(9-11-20)22-12-16(3)23-26-22/h5-12,14-15,17H,13H2,1-4H3. The first-order valence-electron chi connectivity index (χ1n) is 8.95. The highest BCUT2D eigenvalue weighted by molar-refractivity contribution is 5.58. The number of aromatic nitrogens is 1. The lowest BCUT2D eigenvalue weighted by Gasteiger charge is -2.16. The second-order valence-corrected chi connectivity index (χ2v) is 6.80. The number of ether oxygens (including phenoxy) is 2. The van der Waals surface area contributed by atoms with Crippen LogP contribution in [0.15, 0.2) is 59.1 Å². The molecule has 0 saturated carbocycles. The normalized spacial score (nSPS) is 12.2. The van der Waals surface area contributed by atoms with Gasteiger partial charge in [0.2, 0.25) is 0 Å². The van der Waals surface area contributed by atoms with Crippen molar-refractivity contribution >= 4 is 0 Å². The predicted molar refractivity (Wildman–Crippen MR) is 103 cm³/mol. The monoisotopic (exact) mass is 351 g/mol. The van der Waals surface area contributed by atoms with Crippen molar-refractivity contribution in [1.82, 2.24) is 5.16 Å². The molecule has 1 atom stereocenters. The third-order valence-corrected chi connectivity index (χ3v) is 3.90. The molecule has 136 valence electrons. The van der Waals surface area contributed by atoms with Crippen molar-refractivity contribution in [2.24, 2.45) is 0 Å². The van der Waals surface area contributed by atoms with Gasteiger partial charge < -0.3 is 14.0 Å². The van der Waals surface area contributed by atoms with Crippen LogP contribution in [-0.4, -0.2) is 17.4 Å². The highest BCUT2D eigenvalue weighted by Gasteiger charge is 2.09. The average molecular weight is 351 g/mol. The van der Waals surface area contributed by atoms with Crippen LogP contribution in [0.25, 0.3) is 11.3 Å². The summed E-state index contributed by atoms with van der Waals surface area (Å²) in [5.41, 5.74) is 3.06. The molecule has 3 aromatic rings. The highest BCUT2D eigenvalue weighted by Crippen LogP contribution is 2.24. The van der Waals surface area contributed by atoms with E-state index in [0.717, 1.165) is 34.9 Å². The molecule has 3 rings (SSSR count). The van der Waals surface area contributed by atoms with E-state index >= 15 is 0 Å². The first-order chi connectivity index (χ1) is 12.5. The van der Waals surface area contributed by atoms with E-state index in [-0.39, 0.29) is 12.2 Å². The topological polar surface area (TPSA) is 44.5 Å². The summed E-state index contributed by atoms with van der Waals surface area (Å²) in [4.78, 5) is 0. The number of benzene rings is 2. The molecule has 0 aliphatic rings. The van der Waals surface area contributed by atoms with Gasteiger partial charge in [-0.2, -0.15) is 0 Å². The lowest BCUT2D eigenvalue weighted by Crippen LogP contribution is -2.15. The van der Waals surface area contributed by atoms with E-state index in [0.29, 0.717) is 0 Å². The number of hydrogen-bond acceptors (Lipinski definition) is 4. The number of nitrogens with zero attached hydrogens (tertiary/aromatic N) is 1. The summed E-state index contributed by atoms with van der Waals surface area (Å²) in [5.74, 6) is 2.51. The van der Waals surface area contributed by atoms with Gasteiger partial charge in [-0.25, -0.2) is 0 Å². The Morgan fingerprint density at radius 2 is 1.69 bits per heavy atom. The van der Waals surface area contributed by atoms with Gasteiger partial charge in [0, 0.05) is 18.1 Å². The van der Waals surface area contributed by atoms with Crippen molar-refractivity contribution < 1.29 is 14.0 Å². The van der Waals surface area contributed by atoms with Crippen LogP contribution in [-0.2, 0) is 6.42 Å². The lowest BCUT2D eigenvalue weighted by atomic mass is 10.1. The molecule has 26 heavy (non-hydrogen) atoms. The van der Waals surface area contributed by atoms with Crippen LogP contribution >= 0.6 is 0 Å². The quantitative estimate of drug-likeness (QED) is 0.568. The smallest absolute Gasteiger partial charge is 0.167 e. The van der Waals surface area contributed by atoms with Gasteiger partial charge in [-0.05, 0) is 69.7 Å². The van der Waals surface area contributed by atoms with Crippen molar-refractivity contribution in [3.8, 4) is 22.8 Å². The molecule has 1 heterocycles. The third kappa shape index (κ3) is 4.88. The van der Waals surface area contributed by atoms with E-state index in [2.05, 4.69) is 24.2 Å². The first-order valence-corrected chi connectivity index (χ1v) is 8.95. The second kappa shape index (κ2) is 8.09. The van der Waals surface area contributed by atoms with Crippen LogP contribution in [0.1, 0.15) is 32.0 Å². The zero-order valence-electron chi connectivity index (χ0n) is 15.7. The number of rotatable bonds is 7. The van der Waals surface area contributed by atoms with Gasteiger partial charge >= 0.3 is 0 Å². The molecule has 2 aromatic carbocycles. The molecular formula is C22H25NO3. The average Bonchev–Trinajstić information content (AvgIpc) is 3.01. The molecule has 0 N–H and O–H groups in total. The fourth-order valence-electron chi connectivity index (χ4n) is 2.82. The SMILES string of the molecule is Cc1cc(-c2ccc(OC(C)Cc3cccc(OC(C)C)c3)cc2)on1. The van der Waals surface area contributed by atoms with Crippen molar-refractivity contribution in [2.45, 2.75) is 46.3 Å². The summed E-state index contributed by atoms with van der Waals surface area (Å²) in [6, 6.07) is 18.0. The van der Waals surface area contributed by atoms with Gasteiger partial charge in [-0.1, -0.05) is 17.3 Å². The van der Waals surface area contributed by atoms with Gasteiger partial charge in [0.05, 0.1) is 17.9 Å². The molecule has 0 saturated heterocycles. The Hall–Kier alpha value is -2.75. The van der Waals surface area contributed by atoms with E-state index in [1.165, 1.54) is 5.56 Å². The van der Waals surface area contributed by atoms with E-state index < -0.39 is 0 Å². The summed E-state index contributed by atoms with van der Waals surface area (Å²) in [6.07, 6.45) is 1.05. The lowest BCUT2D eigenvalue weighted by molar-refractivity contribution is 0.221. The molecule has 0 aliphatic carbocycles. The Kier molecular flexibility index (Phi) is 5.61. The summed E-state index contributed by atoms with van der Waals surface area (Å²) < 4.78 is 17.1. The number of aryl methyl sites for hydroxylation is 1. The minimum atomic E-state index is 0.0580. The molecule has 0 radical (unpaired) electrons. The van der Waals surface area contributed by atoms with Crippen LogP contribution in [0.5, 0.6) is 11.5 Å². The Morgan fingerprint density at radius 3 is 2.35 bits per heavy atom. The molecule has 4 heteroatoms. The maximum absolute atomic E-state index is 6.05. The largest absolute Gasteiger partial charge is 0.491 e. The van der Waals surface area contributed by atoms with Crippen LogP contribution in [0.4, 0.5) is 0 Å². The molecule has 0 spiro atoms. The van der Waals surface area contributed by atoms with Gasteiger partial charge in [-0.3, -0.25) is 0 Å². The minimum absolute atomic E-state index is 0.0580. The highest BCUT2D eigenvalue weighted by atomic mass is 16.5. The van der Waals surface area contributed by atoms with E-state index in [1.807, 2.05) is 63.2 Å². The fraction of sp³-hybridized carbons (Fsp3) is 0.318. The van der Waals surface area contributed by atoms with E-state index in [1.54, 1.807) is 0 Å². The van der Waals surface area contributed by atoms with E-state index in [9.17, 15) is 0 Å². The Balaban J connectivity index is 1.60. The Morgan fingerprint density at radius 1 is 0.923 bits per heavy atom. The molecular weight excluding hydrogens is 326 g/mol. The molecule has 1 unspecified atom stereocenters. The van der Waals surface area contributed by atoms with Crippen LogP contribution in [0.3, 0.4) is 0 Å². The minimum Gasteiger partial charge on any atom is -0.491 e. The molecule has 4 nitrogen and oxygen atoms in total. The zero-order chi connectivity index (χ0) is 18.5. The van der Waals surface area contributed by atoms with Crippen LogP contribution < -0.4 is 9.47 Å². The van der Waals surface area contributed by atoms with Gasteiger partial charge in [-0.15, -0.1) is 0 Å². The second-order valence-electron chi connectivity index (χ2n) is 6.80. The molecule has 0 fully saturated rings. The maximum Gasteiger partial charge on any atom is 0.167 e. The van der Waals surface area contributed by atoms with Gasteiger partial charge in [0.1, 0.15) is 11.5 Å². The van der Waals surface area contributed by atoms with E-state index in [4.69, 9.17) is 14.0 Å². The third-order valence-electron chi connectivity index (χ3n) is 3.90. The molecule has 0 amide bonds. The summed E-state index contributed by atoms with van der Waals surface area (Å²) in [5, 5.41) is 3.92. The van der Waals surface area contributed by atoms with Gasteiger partial charge in [0.15, 0.2) is 5.76 Å². The molecule has 1 aromatic heterocycles. The predicted octanol–water partition coefficient (Wildman–Crippen LogP) is 5.45. The van der Waals surface area contributed by atoms with Gasteiger partial charge in [0.25, 0.3) is 0 Å². The van der Waals surface area contributed by atoms with Crippen molar-refractivity contribution in [3.63, 3.8) is 0 Å². The van der Waals surface area contributed by atoms with Crippen molar-refractivity contribution in [2.75, 3.05) is 0 Å². The Bertz CT molecular complexity index is 837. The summed E-state index contributed by atoms with van der Waals surface area (Å²) in [6.45, 7) is 8.04. The first kappa shape index (κ1) is 18.1. The van der Waals surface area contributed by atoms with Crippen molar-refractivity contribution in [3.05, 3.63) is 65.9 Å². The van der Waals surface area contributed by atoms with Crippen LogP contribution in [0.2, 0.25) is 0 Å². The maximum atomic E-state index is 6.05. The zero-order valence-corrected chi connectivity index (χ0v) is 15.7. The summed E-state index contributed by atoms with van der Waals surface area (Å²) >= 11 is 0.